The minimum Gasteiger partial charge on any atom is -0.383 e. The number of nitrogens with one attached hydrogen (secondary N) is 1. The Labute approximate surface area is 133 Å². The maximum atomic E-state index is 13.0. The number of rotatable bonds is 2. The van der Waals surface area contributed by atoms with Gasteiger partial charge in [0, 0.05) is 14.1 Å². The van der Waals surface area contributed by atoms with Crippen molar-refractivity contribution in [2.45, 2.75) is 32.1 Å². The molecule has 5 rings (SSSR count). The van der Waals surface area contributed by atoms with Gasteiger partial charge in [-0.2, -0.15) is 0 Å². The smallest absolute Gasteiger partial charge is 0.332 e. The number of hydrogen-bond donors (Lipinski definition) is 2. The van der Waals surface area contributed by atoms with Gasteiger partial charge in [-0.3, -0.25) is 18.7 Å². The van der Waals surface area contributed by atoms with Crippen molar-refractivity contribution in [2.75, 3.05) is 11.1 Å². The van der Waals surface area contributed by atoms with Gasteiger partial charge in [-0.05, 0) is 49.9 Å². The van der Waals surface area contributed by atoms with Crippen molar-refractivity contribution >= 4 is 17.4 Å². The van der Waals surface area contributed by atoms with Crippen LogP contribution in [-0.2, 0) is 18.9 Å². The Bertz CT molecular complexity index is 808. The summed E-state index contributed by atoms with van der Waals surface area (Å²) < 4.78 is 2.16. The molecule has 1 amide bonds. The molecule has 3 N–H and O–H groups in total. The second-order valence-corrected chi connectivity index (χ2v) is 7.62. The lowest BCUT2D eigenvalue weighted by Crippen LogP contribution is -2.43. The van der Waals surface area contributed by atoms with Crippen LogP contribution in [0.15, 0.2) is 9.59 Å². The lowest BCUT2D eigenvalue weighted by Gasteiger charge is -2.31. The first-order valence-electron chi connectivity index (χ1n) is 8.20. The molecule has 0 radical (unpaired) electrons. The molecule has 2 unspecified atom stereocenters. The monoisotopic (exact) mass is 318 g/mol. The molecule has 124 valence electrons. The molecule has 0 spiro atoms. The van der Waals surface area contributed by atoms with Gasteiger partial charge in [0.15, 0.2) is 0 Å². The fourth-order valence-corrected chi connectivity index (χ4v) is 5.38. The summed E-state index contributed by atoms with van der Waals surface area (Å²) in [6, 6.07) is 0. The Balaban J connectivity index is 1.71. The van der Waals surface area contributed by atoms with E-state index in [0.717, 1.165) is 30.3 Å². The van der Waals surface area contributed by atoms with E-state index >= 15 is 0 Å². The molecule has 1 heterocycles. The molecule has 7 heteroatoms. The average Bonchev–Trinajstić information content (AvgIpc) is 2.93. The van der Waals surface area contributed by atoms with Crippen molar-refractivity contribution in [1.82, 2.24) is 9.13 Å². The van der Waals surface area contributed by atoms with Crippen molar-refractivity contribution in [1.29, 1.82) is 0 Å². The number of aromatic nitrogens is 2. The third-order valence-corrected chi connectivity index (χ3v) is 6.39. The summed E-state index contributed by atoms with van der Waals surface area (Å²) in [5.74, 6) is 1.66. The quantitative estimate of drug-likeness (QED) is 0.826. The number of hydrogen-bond acceptors (Lipinski definition) is 4. The number of nitrogen functional groups attached to an aromatic ring is 1. The molecule has 0 saturated heterocycles. The Hall–Kier alpha value is -2.05. The predicted molar refractivity (Wildman–Crippen MR) is 86.0 cm³/mol. The number of nitrogens with two attached hydrogens (primary N) is 1. The van der Waals surface area contributed by atoms with Crippen LogP contribution in [-0.4, -0.2) is 15.0 Å². The van der Waals surface area contributed by atoms with Gasteiger partial charge in [-0.25, -0.2) is 4.79 Å². The molecule has 0 aromatic carbocycles. The van der Waals surface area contributed by atoms with Gasteiger partial charge in [0.2, 0.25) is 5.91 Å². The second-order valence-electron chi connectivity index (χ2n) is 7.62. The van der Waals surface area contributed by atoms with E-state index < -0.39 is 11.2 Å². The summed E-state index contributed by atoms with van der Waals surface area (Å²) in [4.78, 5) is 37.2. The van der Waals surface area contributed by atoms with Crippen LogP contribution in [0.25, 0.3) is 0 Å². The van der Waals surface area contributed by atoms with Gasteiger partial charge in [0.25, 0.3) is 5.56 Å². The van der Waals surface area contributed by atoms with Crippen LogP contribution in [0.1, 0.15) is 32.1 Å². The first-order valence-corrected chi connectivity index (χ1v) is 8.20. The summed E-state index contributed by atoms with van der Waals surface area (Å²) in [7, 11) is 2.88. The van der Waals surface area contributed by atoms with E-state index in [-0.39, 0.29) is 22.8 Å². The lowest BCUT2D eigenvalue weighted by atomic mass is 9.75. The van der Waals surface area contributed by atoms with E-state index in [1.807, 2.05) is 0 Å². The van der Waals surface area contributed by atoms with Gasteiger partial charge in [-0.15, -0.1) is 0 Å². The van der Waals surface area contributed by atoms with Crippen molar-refractivity contribution in [3.8, 4) is 0 Å². The fraction of sp³-hybridized carbons (Fsp3) is 0.688. The molecule has 7 nitrogen and oxygen atoms in total. The number of anilines is 2. The highest BCUT2D eigenvalue weighted by Gasteiger charge is 2.61. The van der Waals surface area contributed by atoms with Crippen LogP contribution in [0.4, 0.5) is 11.5 Å². The van der Waals surface area contributed by atoms with Gasteiger partial charge >= 0.3 is 5.69 Å². The molecule has 4 saturated carbocycles. The zero-order valence-electron chi connectivity index (χ0n) is 13.5. The van der Waals surface area contributed by atoms with Crippen LogP contribution in [0.2, 0.25) is 0 Å². The second kappa shape index (κ2) is 4.49. The first kappa shape index (κ1) is 14.5. The molecule has 0 aliphatic heterocycles. The molecular formula is C16H22N4O3. The number of carbonyl (C=O) groups is 1. The van der Waals surface area contributed by atoms with Gasteiger partial charge in [-0.1, -0.05) is 0 Å². The van der Waals surface area contributed by atoms with Crippen molar-refractivity contribution < 1.29 is 4.79 Å². The van der Waals surface area contributed by atoms with E-state index in [9.17, 15) is 14.4 Å². The lowest BCUT2D eigenvalue weighted by molar-refractivity contribution is -0.127. The Morgan fingerprint density at radius 1 is 1.13 bits per heavy atom. The molecule has 4 aliphatic rings. The average molecular weight is 318 g/mol. The number of carbonyl (C=O) groups excluding carboxylic acids is 1. The third kappa shape index (κ3) is 1.79. The Kier molecular flexibility index (Phi) is 2.84. The predicted octanol–water partition coefficient (Wildman–Crippen LogP) is 0.431. The summed E-state index contributed by atoms with van der Waals surface area (Å²) >= 11 is 0. The normalized spacial score (nSPS) is 34.1. The molecule has 23 heavy (non-hydrogen) atoms. The number of nitrogens with zero attached hydrogens (tertiary/aromatic N) is 2. The highest BCUT2D eigenvalue weighted by atomic mass is 16.2. The van der Waals surface area contributed by atoms with Gasteiger partial charge in [0.1, 0.15) is 11.5 Å². The molecular weight excluding hydrogens is 296 g/mol. The van der Waals surface area contributed by atoms with Crippen molar-refractivity contribution in [2.24, 2.45) is 37.3 Å². The van der Waals surface area contributed by atoms with E-state index in [0.29, 0.717) is 17.8 Å². The zero-order chi connectivity index (χ0) is 16.5. The number of amides is 1. The van der Waals surface area contributed by atoms with E-state index in [1.165, 1.54) is 25.1 Å². The molecule has 4 aliphatic carbocycles. The summed E-state index contributed by atoms with van der Waals surface area (Å²) in [5.41, 5.74) is 4.56. The zero-order valence-corrected chi connectivity index (χ0v) is 13.5. The van der Waals surface area contributed by atoms with Crippen LogP contribution in [0, 0.1) is 23.2 Å². The minimum absolute atomic E-state index is 0.0144. The topological polar surface area (TPSA) is 99.1 Å². The van der Waals surface area contributed by atoms with Crippen LogP contribution in [0.3, 0.4) is 0 Å². The SMILES string of the molecule is Cn1c(N)c(NC(=O)C23CC4CC(CC2C4)C3)c(=O)n(C)c1=O. The molecule has 1 aromatic heterocycles. The van der Waals surface area contributed by atoms with E-state index in [1.54, 1.807) is 0 Å². The minimum atomic E-state index is -0.548. The Morgan fingerprint density at radius 3 is 2.35 bits per heavy atom. The highest BCUT2D eigenvalue weighted by Crippen LogP contribution is 2.65. The van der Waals surface area contributed by atoms with Crippen molar-refractivity contribution in [3.63, 3.8) is 0 Å². The van der Waals surface area contributed by atoms with E-state index in [4.69, 9.17) is 5.73 Å². The standard InChI is InChI=1S/C16H22N4O3/c1-19-12(17)11(13(21)20(2)15(19)23)18-14(22)16-6-8-3-9(7-16)5-10(16)4-8/h8-10H,3-7,17H2,1-2H3,(H,18,22). The Morgan fingerprint density at radius 2 is 1.74 bits per heavy atom. The van der Waals surface area contributed by atoms with Gasteiger partial charge in [0.05, 0.1) is 5.41 Å². The summed E-state index contributed by atoms with van der Waals surface area (Å²) in [5, 5.41) is 2.78. The molecule has 1 aromatic rings. The summed E-state index contributed by atoms with van der Waals surface area (Å²) in [6.45, 7) is 0. The van der Waals surface area contributed by atoms with Crippen LogP contribution < -0.4 is 22.3 Å². The summed E-state index contributed by atoms with van der Waals surface area (Å²) in [6.07, 6.45) is 5.35. The van der Waals surface area contributed by atoms with Crippen LogP contribution >= 0.6 is 0 Å². The fourth-order valence-electron chi connectivity index (χ4n) is 5.38. The van der Waals surface area contributed by atoms with Crippen molar-refractivity contribution in [3.05, 3.63) is 20.8 Å². The maximum absolute atomic E-state index is 13.0. The third-order valence-electron chi connectivity index (χ3n) is 6.39. The molecule has 4 fully saturated rings. The maximum Gasteiger partial charge on any atom is 0.332 e. The highest BCUT2D eigenvalue weighted by molar-refractivity contribution is 5.98. The van der Waals surface area contributed by atoms with Crippen LogP contribution in [0.5, 0.6) is 0 Å². The van der Waals surface area contributed by atoms with Gasteiger partial charge < -0.3 is 11.1 Å². The molecule has 4 bridgehead atoms. The largest absolute Gasteiger partial charge is 0.383 e. The van der Waals surface area contributed by atoms with E-state index in [2.05, 4.69) is 5.32 Å². The first-order chi connectivity index (χ1) is 10.8. The molecule has 2 atom stereocenters.